The number of methoxy groups -OCH3 is 1. The molecule has 4 rings (SSSR count). The van der Waals surface area contributed by atoms with E-state index in [2.05, 4.69) is 14.8 Å². The van der Waals surface area contributed by atoms with E-state index in [1.165, 1.54) is 50.2 Å². The van der Waals surface area contributed by atoms with Crippen LogP contribution < -0.4 is 19.5 Å². The van der Waals surface area contributed by atoms with Gasteiger partial charge in [0.05, 0.1) is 18.2 Å². The highest BCUT2D eigenvalue weighted by Crippen LogP contribution is 2.40. The first kappa shape index (κ1) is 39.3. The molecule has 0 saturated carbocycles. The largest absolute Gasteiger partial charge is 0.573 e. The molecule has 278 valence electrons. The van der Waals surface area contributed by atoms with Gasteiger partial charge in [0.2, 0.25) is 0 Å². The van der Waals surface area contributed by atoms with E-state index in [9.17, 15) is 53.5 Å². The minimum atomic E-state index is -5.24. The van der Waals surface area contributed by atoms with Crippen LogP contribution in [-0.2, 0) is 27.7 Å². The van der Waals surface area contributed by atoms with Crippen LogP contribution in [0.2, 0.25) is 0 Å². The van der Waals surface area contributed by atoms with Crippen LogP contribution in [-0.4, -0.2) is 37.3 Å². The van der Waals surface area contributed by atoms with Crippen molar-refractivity contribution in [3.05, 3.63) is 125 Å². The molecule has 1 amide bonds. The Hall–Kier alpha value is -5.48. The number of ether oxygens (including phenoxy) is 4. The van der Waals surface area contributed by atoms with Gasteiger partial charge in [-0.2, -0.15) is 13.2 Å². The third-order valence-electron chi connectivity index (χ3n) is 7.42. The standard InChI is InChI=1S/C35H27F10NO6/c1-31(2,30(48)49-3)50-24-13-10-20(11-14-24)19-32(22-6-4-8-25(17-22)51-34(40,41)42,23-7-5-9-26(18-23)52-35(43,44)45)46-29(47)21-12-15-28(36)27(16-21)33(37,38)39/h4-18H,19H2,1-3H3,(H,46,47). The third kappa shape index (κ3) is 9.85. The molecule has 1 N–H and O–H groups in total. The highest BCUT2D eigenvalue weighted by molar-refractivity contribution is 5.95. The van der Waals surface area contributed by atoms with Crippen LogP contribution in [0.4, 0.5) is 43.9 Å². The molecule has 0 atom stereocenters. The average molecular weight is 748 g/mol. The average Bonchev–Trinajstić information content (AvgIpc) is 3.03. The predicted molar refractivity (Wildman–Crippen MR) is 163 cm³/mol. The van der Waals surface area contributed by atoms with Crippen molar-refractivity contribution in [2.75, 3.05) is 7.11 Å². The Morgan fingerprint density at radius 3 is 1.63 bits per heavy atom. The molecule has 0 saturated heterocycles. The molecule has 0 radical (unpaired) electrons. The fourth-order valence-electron chi connectivity index (χ4n) is 5.19. The molecule has 0 unspecified atom stereocenters. The van der Waals surface area contributed by atoms with E-state index in [4.69, 9.17) is 9.47 Å². The first-order chi connectivity index (χ1) is 24.0. The Balaban J connectivity index is 1.95. The number of carbonyl (C=O) groups is 2. The van der Waals surface area contributed by atoms with E-state index in [1.807, 2.05) is 0 Å². The van der Waals surface area contributed by atoms with Crippen LogP contribution in [0, 0.1) is 5.82 Å². The molecular formula is C35H27F10NO6. The lowest BCUT2D eigenvalue weighted by atomic mass is 9.77. The molecule has 0 aromatic heterocycles. The summed E-state index contributed by atoms with van der Waals surface area (Å²) in [6.07, 6.45) is -16.1. The smallest absolute Gasteiger partial charge is 0.476 e. The lowest BCUT2D eigenvalue weighted by Crippen LogP contribution is -2.48. The SMILES string of the molecule is COC(=O)C(C)(C)Oc1ccc(CC(NC(=O)c2ccc(F)c(C(F)(F)F)c2)(c2cccc(OC(F)(F)F)c2)c2cccc(OC(F)(F)F)c2)cc1. The van der Waals surface area contributed by atoms with Crippen molar-refractivity contribution >= 4 is 11.9 Å². The van der Waals surface area contributed by atoms with Crippen molar-refractivity contribution in [1.82, 2.24) is 5.32 Å². The normalized spacial score (nSPS) is 12.6. The Morgan fingerprint density at radius 1 is 0.654 bits per heavy atom. The topological polar surface area (TPSA) is 83.1 Å². The molecule has 7 nitrogen and oxygen atoms in total. The van der Waals surface area contributed by atoms with Crippen LogP contribution in [0.3, 0.4) is 0 Å². The molecule has 0 aliphatic carbocycles. The first-order valence-electron chi connectivity index (χ1n) is 14.8. The maximum Gasteiger partial charge on any atom is 0.573 e. The monoisotopic (exact) mass is 747 g/mol. The van der Waals surface area contributed by atoms with Crippen molar-refractivity contribution in [2.24, 2.45) is 0 Å². The quantitative estimate of drug-likeness (QED) is 0.122. The van der Waals surface area contributed by atoms with Crippen LogP contribution >= 0.6 is 0 Å². The van der Waals surface area contributed by atoms with E-state index in [0.717, 1.165) is 43.5 Å². The summed E-state index contributed by atoms with van der Waals surface area (Å²) >= 11 is 0. The van der Waals surface area contributed by atoms with Crippen molar-refractivity contribution < 1.29 is 72.4 Å². The summed E-state index contributed by atoms with van der Waals surface area (Å²) in [5.41, 5.74) is -6.46. The van der Waals surface area contributed by atoms with E-state index >= 15 is 0 Å². The van der Waals surface area contributed by atoms with Crippen molar-refractivity contribution in [1.29, 1.82) is 0 Å². The molecule has 0 aliphatic rings. The van der Waals surface area contributed by atoms with Gasteiger partial charge in [0.25, 0.3) is 5.91 Å². The van der Waals surface area contributed by atoms with Crippen LogP contribution in [0.25, 0.3) is 0 Å². The maximum absolute atomic E-state index is 14.1. The molecule has 4 aromatic carbocycles. The van der Waals surface area contributed by atoms with Crippen LogP contribution in [0.1, 0.15) is 46.5 Å². The number of hydrogen-bond donors (Lipinski definition) is 1. The van der Waals surface area contributed by atoms with Crippen LogP contribution in [0.5, 0.6) is 17.2 Å². The number of nitrogens with one attached hydrogen (secondary N) is 1. The zero-order valence-corrected chi connectivity index (χ0v) is 27.1. The molecule has 4 aromatic rings. The lowest BCUT2D eigenvalue weighted by molar-refractivity contribution is -0.275. The number of rotatable bonds is 11. The number of hydrogen-bond acceptors (Lipinski definition) is 6. The van der Waals surface area contributed by atoms with Gasteiger partial charge in [0.1, 0.15) is 23.1 Å². The van der Waals surface area contributed by atoms with Gasteiger partial charge < -0.3 is 24.3 Å². The number of benzene rings is 4. The summed E-state index contributed by atoms with van der Waals surface area (Å²) in [6, 6.07) is 14.8. The Kier molecular flexibility index (Phi) is 11.1. The summed E-state index contributed by atoms with van der Waals surface area (Å²) in [6.45, 7) is 2.83. The van der Waals surface area contributed by atoms with E-state index in [1.54, 1.807) is 0 Å². The predicted octanol–water partition coefficient (Wildman–Crippen LogP) is 8.89. The molecule has 0 heterocycles. The summed E-state index contributed by atoms with van der Waals surface area (Å²) in [7, 11) is 1.14. The number of carbonyl (C=O) groups excluding carboxylic acids is 2. The first-order valence-corrected chi connectivity index (χ1v) is 14.8. The van der Waals surface area contributed by atoms with Gasteiger partial charge in [0.15, 0.2) is 5.60 Å². The molecule has 0 fully saturated rings. The van der Waals surface area contributed by atoms with Gasteiger partial charge in [-0.1, -0.05) is 36.4 Å². The maximum atomic E-state index is 14.1. The number of halogens is 10. The Labute approximate surface area is 289 Å². The van der Waals surface area contributed by atoms with Crippen molar-refractivity contribution in [3.63, 3.8) is 0 Å². The Morgan fingerprint density at radius 2 is 1.17 bits per heavy atom. The fourth-order valence-corrected chi connectivity index (χ4v) is 5.19. The van der Waals surface area contributed by atoms with Gasteiger partial charge in [-0.15, -0.1) is 26.3 Å². The van der Waals surface area contributed by atoms with Gasteiger partial charge in [-0.25, -0.2) is 9.18 Å². The molecule has 17 heteroatoms. The highest BCUT2D eigenvalue weighted by Gasteiger charge is 2.41. The minimum Gasteiger partial charge on any atom is -0.476 e. The third-order valence-corrected chi connectivity index (χ3v) is 7.42. The zero-order valence-electron chi connectivity index (χ0n) is 27.1. The van der Waals surface area contributed by atoms with Crippen molar-refractivity contribution in [2.45, 2.75) is 50.3 Å². The highest BCUT2D eigenvalue weighted by atomic mass is 19.4. The second-order valence-corrected chi connectivity index (χ2v) is 11.6. The van der Waals surface area contributed by atoms with Gasteiger partial charge >= 0.3 is 24.9 Å². The molecule has 0 spiro atoms. The number of alkyl halides is 9. The van der Waals surface area contributed by atoms with Gasteiger partial charge in [-0.3, -0.25) is 4.79 Å². The minimum absolute atomic E-state index is 0.126. The summed E-state index contributed by atoms with van der Waals surface area (Å²) in [5, 5.41) is 2.49. The summed E-state index contributed by atoms with van der Waals surface area (Å²) in [5.74, 6) is -5.27. The summed E-state index contributed by atoms with van der Waals surface area (Å²) < 4.78 is 153. The summed E-state index contributed by atoms with van der Waals surface area (Å²) in [4.78, 5) is 25.9. The number of esters is 1. The van der Waals surface area contributed by atoms with E-state index in [0.29, 0.717) is 12.1 Å². The van der Waals surface area contributed by atoms with Crippen molar-refractivity contribution in [3.8, 4) is 17.2 Å². The zero-order chi connectivity index (χ0) is 38.7. The van der Waals surface area contributed by atoms with E-state index < -0.39 is 76.8 Å². The molecule has 52 heavy (non-hydrogen) atoms. The lowest BCUT2D eigenvalue weighted by Gasteiger charge is -2.37. The second kappa shape index (κ2) is 14.6. The molecular weight excluding hydrogens is 720 g/mol. The second-order valence-electron chi connectivity index (χ2n) is 11.6. The van der Waals surface area contributed by atoms with Gasteiger partial charge in [-0.05, 0) is 85.1 Å². The fraction of sp³-hybridized carbons (Fsp3) is 0.257. The number of amides is 1. The molecule has 0 bridgehead atoms. The van der Waals surface area contributed by atoms with Gasteiger partial charge in [0, 0.05) is 12.0 Å². The Bertz CT molecular complexity index is 1840. The van der Waals surface area contributed by atoms with E-state index in [-0.39, 0.29) is 28.5 Å². The molecule has 0 aliphatic heterocycles. The van der Waals surface area contributed by atoms with Crippen LogP contribution in [0.15, 0.2) is 91.0 Å².